The van der Waals surface area contributed by atoms with Crippen LogP contribution < -0.4 is 10.5 Å². The lowest BCUT2D eigenvalue weighted by Gasteiger charge is -2.38. The van der Waals surface area contributed by atoms with Crippen molar-refractivity contribution in [2.24, 2.45) is 0 Å². The number of benzene rings is 2. The van der Waals surface area contributed by atoms with Gasteiger partial charge < -0.3 is 4.90 Å². The third-order valence-corrected chi connectivity index (χ3v) is 8.79. The van der Waals surface area contributed by atoms with Crippen molar-refractivity contribution < 1.29 is 4.79 Å². The molecule has 0 bridgehead atoms. The fraction of sp³-hybridized carbons (Fsp3) is 0.290. The topological polar surface area (TPSA) is 72.6 Å². The van der Waals surface area contributed by atoms with E-state index in [-0.39, 0.29) is 17.0 Å². The van der Waals surface area contributed by atoms with Crippen molar-refractivity contribution in [3.05, 3.63) is 104 Å². The highest BCUT2D eigenvalue weighted by Gasteiger charge is 2.33. The second-order valence-electron chi connectivity index (χ2n) is 9.90. The lowest BCUT2D eigenvalue weighted by molar-refractivity contribution is -0.122. The van der Waals surface area contributed by atoms with E-state index in [4.69, 9.17) is 12.2 Å². The molecule has 0 aliphatic carbocycles. The van der Waals surface area contributed by atoms with E-state index < -0.39 is 0 Å². The minimum absolute atomic E-state index is 0.110. The number of piperazine rings is 1. The summed E-state index contributed by atoms with van der Waals surface area (Å²) < 4.78 is 2.17. The summed E-state index contributed by atoms with van der Waals surface area (Å²) in [6, 6.07) is 22.3. The Morgan fingerprint density at radius 2 is 1.55 bits per heavy atom. The van der Waals surface area contributed by atoms with Gasteiger partial charge in [-0.3, -0.25) is 24.0 Å². The van der Waals surface area contributed by atoms with Crippen LogP contribution >= 0.6 is 24.0 Å². The van der Waals surface area contributed by atoms with Crippen molar-refractivity contribution in [2.45, 2.75) is 33.5 Å². The summed E-state index contributed by atoms with van der Waals surface area (Å²) in [4.78, 5) is 33.6. The first-order chi connectivity index (χ1) is 19.4. The molecule has 0 atom stereocenters. The molecule has 204 valence electrons. The number of pyridine rings is 1. The number of nitriles is 1. The van der Waals surface area contributed by atoms with Crippen LogP contribution in [0, 0.1) is 18.3 Å². The van der Waals surface area contributed by atoms with E-state index in [0.29, 0.717) is 27.9 Å². The van der Waals surface area contributed by atoms with Gasteiger partial charge in [0.2, 0.25) is 0 Å². The first kappa shape index (κ1) is 27.8. The van der Waals surface area contributed by atoms with Crippen LogP contribution in [0.3, 0.4) is 0 Å². The average molecular weight is 570 g/mol. The summed E-state index contributed by atoms with van der Waals surface area (Å²) >= 11 is 6.85. The molecule has 2 aliphatic rings. The molecular formula is C31H31N5O2S2. The number of anilines is 1. The zero-order valence-corrected chi connectivity index (χ0v) is 24.3. The molecule has 0 radical (unpaired) electrons. The predicted octanol–water partition coefficient (Wildman–Crippen LogP) is 4.77. The molecule has 2 fully saturated rings. The fourth-order valence-electron chi connectivity index (χ4n) is 5.27. The zero-order valence-electron chi connectivity index (χ0n) is 22.7. The van der Waals surface area contributed by atoms with Gasteiger partial charge >= 0.3 is 0 Å². The van der Waals surface area contributed by atoms with Crippen LogP contribution in [0.5, 0.6) is 0 Å². The molecule has 2 aromatic carbocycles. The van der Waals surface area contributed by atoms with Crippen molar-refractivity contribution in [1.29, 1.82) is 5.26 Å². The molecule has 0 unspecified atom stereocenters. The molecule has 40 heavy (non-hydrogen) atoms. The smallest absolute Gasteiger partial charge is 0.270 e. The molecule has 0 N–H and O–H groups in total. The van der Waals surface area contributed by atoms with Crippen molar-refractivity contribution in [3.8, 4) is 6.07 Å². The molecule has 0 saturated carbocycles. The maximum absolute atomic E-state index is 13.5. The Kier molecular flexibility index (Phi) is 8.50. The Morgan fingerprint density at radius 3 is 2.12 bits per heavy atom. The van der Waals surface area contributed by atoms with E-state index in [1.807, 2.05) is 49.4 Å². The Balaban J connectivity index is 1.48. The van der Waals surface area contributed by atoms with Crippen molar-refractivity contribution in [1.82, 2.24) is 14.4 Å². The molecule has 9 heteroatoms. The van der Waals surface area contributed by atoms with Gasteiger partial charge in [-0.05, 0) is 36.6 Å². The fourth-order valence-corrected chi connectivity index (χ4v) is 6.51. The van der Waals surface area contributed by atoms with Gasteiger partial charge in [0.15, 0.2) is 0 Å². The van der Waals surface area contributed by atoms with Crippen LogP contribution in [0.15, 0.2) is 70.4 Å². The van der Waals surface area contributed by atoms with Gasteiger partial charge in [0.05, 0.1) is 11.4 Å². The number of aromatic nitrogens is 1. The largest absolute Gasteiger partial charge is 0.355 e. The van der Waals surface area contributed by atoms with Crippen LogP contribution in [0.25, 0.3) is 6.08 Å². The Morgan fingerprint density at radius 1 is 0.950 bits per heavy atom. The lowest BCUT2D eigenvalue weighted by Crippen LogP contribution is -2.48. The third kappa shape index (κ3) is 5.61. The van der Waals surface area contributed by atoms with E-state index in [1.54, 1.807) is 16.4 Å². The molecular weight excluding hydrogens is 539 g/mol. The van der Waals surface area contributed by atoms with E-state index >= 15 is 0 Å². The molecule has 7 nitrogen and oxygen atoms in total. The molecule has 1 aromatic heterocycles. The number of rotatable bonds is 7. The number of carbonyl (C=O) groups is 1. The Bertz CT molecular complexity index is 1550. The van der Waals surface area contributed by atoms with Crippen LogP contribution in [0.1, 0.15) is 34.7 Å². The molecule has 1 amide bonds. The number of nitrogens with zero attached hydrogens (tertiary/aromatic N) is 5. The number of hydrogen-bond donors (Lipinski definition) is 0. The Hall–Kier alpha value is -3.71. The number of thioether (sulfide) groups is 1. The molecule has 0 spiro atoms. The van der Waals surface area contributed by atoms with Crippen molar-refractivity contribution in [2.75, 3.05) is 31.1 Å². The van der Waals surface area contributed by atoms with Gasteiger partial charge in [0.25, 0.3) is 11.5 Å². The molecule has 3 aromatic rings. The number of thiocarbonyl (C=S) groups is 1. The van der Waals surface area contributed by atoms with Gasteiger partial charge in [0, 0.05) is 44.8 Å². The SMILES string of the molecule is CCn1c(N2CCN(Cc3ccccc3)CC2)c(/C=C2/SC(=S)N(Cc3ccccc3)C2=O)c(C)c(C#N)c1=O. The third-order valence-electron chi connectivity index (χ3n) is 7.42. The summed E-state index contributed by atoms with van der Waals surface area (Å²) in [6.07, 6.45) is 1.83. The minimum atomic E-state index is -0.294. The Labute approximate surface area is 244 Å². The zero-order chi connectivity index (χ0) is 28.2. The minimum Gasteiger partial charge on any atom is -0.355 e. The van der Waals surface area contributed by atoms with E-state index in [2.05, 4.69) is 40.1 Å². The standard InChI is InChI=1S/C31H31N5O2S2/c1-3-35-28(34-16-14-33(15-17-34)20-23-10-6-4-7-11-23)25(22(2)26(19-32)29(35)37)18-27-30(38)36(31(39)40-27)21-24-12-8-5-9-13-24/h4-13,18H,3,14-17,20-21H2,1-2H3/b27-18+. The second kappa shape index (κ2) is 12.2. The van der Waals surface area contributed by atoms with Crippen LogP contribution in [0.2, 0.25) is 0 Å². The van der Waals surface area contributed by atoms with Crippen molar-refractivity contribution in [3.63, 3.8) is 0 Å². The maximum Gasteiger partial charge on any atom is 0.270 e. The molecule has 2 saturated heterocycles. The van der Waals surface area contributed by atoms with Crippen molar-refractivity contribution >= 4 is 46.1 Å². The summed E-state index contributed by atoms with van der Waals surface area (Å²) in [5.41, 5.74) is 3.41. The van der Waals surface area contributed by atoms with E-state index in [0.717, 1.165) is 49.7 Å². The van der Waals surface area contributed by atoms with E-state index in [1.165, 1.54) is 17.3 Å². The highest BCUT2D eigenvalue weighted by molar-refractivity contribution is 8.26. The summed E-state index contributed by atoms with van der Waals surface area (Å²) in [5.74, 6) is 0.598. The predicted molar refractivity (Wildman–Crippen MR) is 165 cm³/mol. The summed E-state index contributed by atoms with van der Waals surface area (Å²) in [7, 11) is 0. The van der Waals surface area contributed by atoms with Crippen LogP contribution in [-0.4, -0.2) is 50.8 Å². The van der Waals surface area contributed by atoms with Gasteiger partial charge in [-0.1, -0.05) is 84.6 Å². The monoisotopic (exact) mass is 569 g/mol. The summed E-state index contributed by atoms with van der Waals surface area (Å²) in [5, 5.41) is 9.88. The average Bonchev–Trinajstić information content (AvgIpc) is 3.23. The molecule has 5 rings (SSSR count). The number of carbonyl (C=O) groups excluding carboxylic acids is 1. The van der Waals surface area contributed by atoms with Gasteiger partial charge in [-0.15, -0.1) is 0 Å². The molecule has 3 heterocycles. The van der Waals surface area contributed by atoms with Gasteiger partial charge in [-0.25, -0.2) is 0 Å². The lowest BCUT2D eigenvalue weighted by atomic mass is 10.0. The highest BCUT2D eigenvalue weighted by Crippen LogP contribution is 2.36. The highest BCUT2D eigenvalue weighted by atomic mass is 32.2. The summed E-state index contributed by atoms with van der Waals surface area (Å²) in [6.45, 7) is 8.54. The number of hydrogen-bond acceptors (Lipinski definition) is 7. The normalized spacial score (nSPS) is 17.1. The van der Waals surface area contributed by atoms with Gasteiger partial charge in [-0.2, -0.15) is 5.26 Å². The molecule has 2 aliphatic heterocycles. The first-order valence-electron chi connectivity index (χ1n) is 13.4. The van der Waals surface area contributed by atoms with Crippen LogP contribution in [0.4, 0.5) is 5.82 Å². The second-order valence-corrected chi connectivity index (χ2v) is 11.6. The first-order valence-corrected chi connectivity index (χ1v) is 14.6. The van der Waals surface area contributed by atoms with Gasteiger partial charge in [0.1, 0.15) is 21.8 Å². The quantitative estimate of drug-likeness (QED) is 0.300. The maximum atomic E-state index is 13.5. The van der Waals surface area contributed by atoms with Crippen LogP contribution in [-0.2, 0) is 24.4 Å². The van der Waals surface area contributed by atoms with E-state index in [9.17, 15) is 14.9 Å². The number of amides is 1.